The van der Waals surface area contributed by atoms with Crippen molar-refractivity contribution in [2.45, 2.75) is 38.5 Å². The van der Waals surface area contributed by atoms with E-state index in [0.29, 0.717) is 19.1 Å². The lowest BCUT2D eigenvalue weighted by molar-refractivity contribution is -0.145. The number of carbonyl (C=O) groups is 1. The molecule has 230 valence electrons. The van der Waals surface area contributed by atoms with Crippen LogP contribution in [0.1, 0.15) is 41.5 Å². The molecule has 0 aliphatic heterocycles. The first-order valence-electron chi connectivity index (χ1n) is 13.5. The fourth-order valence-corrected chi connectivity index (χ4v) is 6.24. The Hall–Kier alpha value is -3.74. The first kappa shape index (κ1) is 30.7. The molecule has 13 heteroatoms. The van der Waals surface area contributed by atoms with Crippen LogP contribution < -0.4 is 9.47 Å². The van der Waals surface area contributed by atoms with Gasteiger partial charge in [0.15, 0.2) is 0 Å². The van der Waals surface area contributed by atoms with E-state index < -0.39 is 44.5 Å². The number of ether oxygens (including phenoxy) is 3. The van der Waals surface area contributed by atoms with Crippen molar-refractivity contribution in [2.24, 2.45) is 11.8 Å². The number of alkyl halides is 3. The number of pyridine rings is 1. The Morgan fingerprint density at radius 1 is 1.07 bits per heavy atom. The van der Waals surface area contributed by atoms with Gasteiger partial charge in [0.2, 0.25) is 5.88 Å². The molecule has 1 saturated carbocycles. The average molecular weight is 626 g/mol. The third-order valence-electron chi connectivity index (χ3n) is 7.55. The van der Waals surface area contributed by atoms with E-state index in [4.69, 9.17) is 14.2 Å². The van der Waals surface area contributed by atoms with Crippen molar-refractivity contribution in [3.05, 3.63) is 76.5 Å². The number of nitrogens with zero attached hydrogens (tertiary/aromatic N) is 1. The average Bonchev–Trinajstić information content (AvgIpc) is 3.51. The second kappa shape index (κ2) is 11.7. The van der Waals surface area contributed by atoms with Gasteiger partial charge >= 0.3 is 12.1 Å². The number of halogens is 5. The molecule has 0 N–H and O–H groups in total. The molecule has 2 aliphatic carbocycles. The standard InChI is InChI=1S/C30H28F5NO6S/c1-3-40-29(37)28-20-10-17-11-25(36-14-21(17)27(20)28)42-15-18-9-16(5-6-23(18)31)26-22(30(33,34)35)12-19(13-24(26)32)41-7-4-8-43(2,38)39/h5-6,9,11-14,20,27-28H,3-4,7-8,10,15H2,1-2H3. The minimum absolute atomic E-state index is 0.0131. The van der Waals surface area contributed by atoms with Crippen molar-refractivity contribution in [1.82, 2.24) is 4.98 Å². The summed E-state index contributed by atoms with van der Waals surface area (Å²) in [6.45, 7) is 1.45. The van der Waals surface area contributed by atoms with Gasteiger partial charge in [-0.05, 0) is 60.6 Å². The van der Waals surface area contributed by atoms with Crippen LogP contribution in [0.4, 0.5) is 22.0 Å². The SMILES string of the molecule is CCOC(=O)C1C2Cc3cc(OCc4cc(-c5c(F)cc(OCCCS(C)(=O)=O)cc5C(F)(F)F)ccc4F)ncc3C21. The summed E-state index contributed by atoms with van der Waals surface area (Å²) in [5.74, 6) is -2.70. The van der Waals surface area contributed by atoms with Crippen LogP contribution in [-0.4, -0.2) is 44.6 Å². The lowest BCUT2D eigenvalue weighted by Gasteiger charge is -2.17. The fourth-order valence-electron chi connectivity index (χ4n) is 5.59. The van der Waals surface area contributed by atoms with Crippen LogP contribution in [0.5, 0.6) is 11.6 Å². The van der Waals surface area contributed by atoms with Crippen LogP contribution in [-0.2, 0) is 38.6 Å². The molecule has 1 heterocycles. The maximum Gasteiger partial charge on any atom is 0.417 e. The zero-order chi connectivity index (χ0) is 31.1. The number of benzene rings is 2. The Bertz CT molecular complexity index is 1660. The molecule has 0 bridgehead atoms. The van der Waals surface area contributed by atoms with Crippen molar-refractivity contribution in [3.63, 3.8) is 0 Å². The zero-order valence-electron chi connectivity index (χ0n) is 23.2. The Balaban J connectivity index is 1.32. The summed E-state index contributed by atoms with van der Waals surface area (Å²) in [5, 5.41) is 0. The molecule has 3 atom stereocenters. The minimum atomic E-state index is -4.98. The van der Waals surface area contributed by atoms with Gasteiger partial charge in [-0.3, -0.25) is 4.79 Å². The highest BCUT2D eigenvalue weighted by Crippen LogP contribution is 2.61. The van der Waals surface area contributed by atoms with E-state index in [9.17, 15) is 30.8 Å². The smallest absolute Gasteiger partial charge is 0.417 e. The van der Waals surface area contributed by atoms with E-state index >= 15 is 4.39 Å². The molecule has 0 amide bonds. The van der Waals surface area contributed by atoms with Crippen molar-refractivity contribution in [2.75, 3.05) is 25.2 Å². The lowest BCUT2D eigenvalue weighted by Crippen LogP contribution is -2.12. The van der Waals surface area contributed by atoms with Gasteiger partial charge in [0.05, 0.1) is 30.4 Å². The number of esters is 1. The highest BCUT2D eigenvalue weighted by atomic mass is 32.2. The second-order valence-electron chi connectivity index (χ2n) is 10.6. The largest absolute Gasteiger partial charge is 0.493 e. The van der Waals surface area contributed by atoms with Crippen molar-refractivity contribution < 1.29 is 49.4 Å². The zero-order valence-corrected chi connectivity index (χ0v) is 24.0. The third-order valence-corrected chi connectivity index (χ3v) is 8.58. The molecule has 7 nitrogen and oxygen atoms in total. The van der Waals surface area contributed by atoms with Crippen LogP contribution in [0.15, 0.2) is 42.6 Å². The van der Waals surface area contributed by atoms with Gasteiger partial charge in [-0.1, -0.05) is 6.07 Å². The van der Waals surface area contributed by atoms with Crippen LogP contribution in [0.3, 0.4) is 0 Å². The van der Waals surface area contributed by atoms with Gasteiger partial charge in [0, 0.05) is 41.6 Å². The summed E-state index contributed by atoms with van der Waals surface area (Å²) in [6.07, 6.45) is -1.70. The molecule has 3 aromatic rings. The minimum Gasteiger partial charge on any atom is -0.493 e. The fraction of sp³-hybridized carbons (Fsp3) is 0.400. The van der Waals surface area contributed by atoms with Crippen LogP contribution in [0.25, 0.3) is 11.1 Å². The third kappa shape index (κ3) is 6.76. The predicted molar refractivity (Wildman–Crippen MR) is 145 cm³/mol. The van der Waals surface area contributed by atoms with Crippen molar-refractivity contribution in [1.29, 1.82) is 0 Å². The van der Waals surface area contributed by atoms with Gasteiger partial charge in [0.25, 0.3) is 0 Å². The number of hydrogen-bond donors (Lipinski definition) is 0. The lowest BCUT2D eigenvalue weighted by atomic mass is 9.96. The number of hydrogen-bond acceptors (Lipinski definition) is 7. The molecule has 43 heavy (non-hydrogen) atoms. The van der Waals surface area contributed by atoms with Gasteiger partial charge in [-0.25, -0.2) is 22.2 Å². The predicted octanol–water partition coefficient (Wildman–Crippen LogP) is 5.89. The molecule has 0 radical (unpaired) electrons. The van der Waals surface area contributed by atoms with E-state index in [1.54, 1.807) is 19.2 Å². The maximum atomic E-state index is 15.2. The normalized spacial score (nSPS) is 19.0. The first-order chi connectivity index (χ1) is 20.3. The van der Waals surface area contributed by atoms with E-state index in [-0.39, 0.29) is 66.1 Å². The molecule has 2 aromatic carbocycles. The summed E-state index contributed by atoms with van der Waals surface area (Å²) in [7, 11) is -3.30. The van der Waals surface area contributed by atoms with Gasteiger partial charge in [-0.2, -0.15) is 13.2 Å². The molecule has 0 saturated heterocycles. The highest BCUT2D eigenvalue weighted by Gasteiger charge is 2.60. The van der Waals surface area contributed by atoms with Crippen LogP contribution in [0, 0.1) is 23.5 Å². The van der Waals surface area contributed by atoms with Crippen LogP contribution in [0.2, 0.25) is 0 Å². The Kier molecular flexibility index (Phi) is 8.39. The molecule has 1 aromatic heterocycles. The number of carbonyl (C=O) groups excluding carboxylic acids is 1. The molecule has 2 aliphatic rings. The van der Waals surface area contributed by atoms with Crippen LogP contribution >= 0.6 is 0 Å². The van der Waals surface area contributed by atoms with Gasteiger partial charge in [-0.15, -0.1) is 0 Å². The molecular formula is C30H28F5NO6S. The number of rotatable bonds is 11. The maximum absolute atomic E-state index is 15.2. The first-order valence-corrected chi connectivity index (χ1v) is 15.6. The number of fused-ring (bicyclic) bond motifs is 3. The van der Waals surface area contributed by atoms with Crippen molar-refractivity contribution >= 4 is 15.8 Å². The van der Waals surface area contributed by atoms with E-state index in [1.807, 2.05) is 0 Å². The van der Waals surface area contributed by atoms with Crippen molar-refractivity contribution in [3.8, 4) is 22.8 Å². The number of aromatic nitrogens is 1. The Labute approximate surface area is 244 Å². The number of sulfone groups is 1. The highest BCUT2D eigenvalue weighted by molar-refractivity contribution is 7.90. The summed E-state index contributed by atoms with van der Waals surface area (Å²) >= 11 is 0. The monoisotopic (exact) mass is 625 g/mol. The van der Waals surface area contributed by atoms with Gasteiger partial charge in [0.1, 0.15) is 33.8 Å². The molecule has 0 spiro atoms. The molecule has 5 rings (SSSR count). The summed E-state index contributed by atoms with van der Waals surface area (Å²) in [6, 6.07) is 6.16. The molecular weight excluding hydrogens is 597 g/mol. The second-order valence-corrected chi connectivity index (χ2v) is 12.9. The summed E-state index contributed by atoms with van der Waals surface area (Å²) in [4.78, 5) is 16.4. The molecule has 1 fully saturated rings. The molecule has 3 unspecified atom stereocenters. The van der Waals surface area contributed by atoms with E-state index in [2.05, 4.69) is 4.98 Å². The van der Waals surface area contributed by atoms with E-state index in [0.717, 1.165) is 41.6 Å². The summed E-state index contributed by atoms with van der Waals surface area (Å²) < 4.78 is 110. The summed E-state index contributed by atoms with van der Waals surface area (Å²) in [5.41, 5.74) is -0.571. The topological polar surface area (TPSA) is 91.8 Å². The van der Waals surface area contributed by atoms with Gasteiger partial charge < -0.3 is 14.2 Å². The van der Waals surface area contributed by atoms with E-state index in [1.165, 1.54) is 0 Å². The Morgan fingerprint density at radius 2 is 1.84 bits per heavy atom. The quantitative estimate of drug-likeness (QED) is 0.149. The Morgan fingerprint density at radius 3 is 2.53 bits per heavy atom.